The third-order valence-electron chi connectivity index (χ3n) is 3.31. The van der Waals surface area contributed by atoms with Gasteiger partial charge in [0.15, 0.2) is 0 Å². The summed E-state index contributed by atoms with van der Waals surface area (Å²) in [5, 5.41) is 3.53. The second-order valence-corrected chi connectivity index (χ2v) is 5.02. The Labute approximate surface area is 104 Å². The topological polar surface area (TPSA) is 29.9 Å². The molecule has 1 aromatic heterocycles. The van der Waals surface area contributed by atoms with Crippen LogP contribution in [0.15, 0.2) is 24.0 Å². The fourth-order valence-corrected chi connectivity index (χ4v) is 1.94. The van der Waals surface area contributed by atoms with E-state index in [1.54, 1.807) is 0 Å². The van der Waals surface area contributed by atoms with E-state index < -0.39 is 0 Å². The van der Waals surface area contributed by atoms with Crippen molar-refractivity contribution in [3.8, 4) is 0 Å². The Hall–Kier alpha value is -1.09. The Kier molecular flexibility index (Phi) is 4.37. The van der Waals surface area contributed by atoms with Gasteiger partial charge in [-0.1, -0.05) is 11.6 Å². The highest BCUT2D eigenvalue weighted by Crippen LogP contribution is 2.18. The molecular formula is C14H23N3. The Morgan fingerprint density at radius 3 is 3.06 bits per heavy atom. The van der Waals surface area contributed by atoms with Crippen LogP contribution in [0.25, 0.3) is 0 Å². The van der Waals surface area contributed by atoms with Crippen LogP contribution in [-0.4, -0.2) is 22.1 Å². The summed E-state index contributed by atoms with van der Waals surface area (Å²) in [6.07, 6.45) is 12.3. The summed E-state index contributed by atoms with van der Waals surface area (Å²) in [5.74, 6) is 1.17. The number of imidazole rings is 1. The number of nitrogens with zero attached hydrogens (tertiary/aromatic N) is 2. The first-order chi connectivity index (χ1) is 8.25. The monoisotopic (exact) mass is 233 g/mol. The van der Waals surface area contributed by atoms with Crippen LogP contribution >= 0.6 is 0 Å². The first kappa shape index (κ1) is 12.4. The Bertz CT molecular complexity index is 375. The van der Waals surface area contributed by atoms with Gasteiger partial charge >= 0.3 is 0 Å². The molecule has 0 aromatic carbocycles. The SMILES string of the molecule is C/C(=C/CCNC1CC1)CCc1nccn1C. The minimum Gasteiger partial charge on any atom is -0.338 e. The largest absolute Gasteiger partial charge is 0.338 e. The molecule has 0 aliphatic heterocycles. The van der Waals surface area contributed by atoms with Gasteiger partial charge in [-0.3, -0.25) is 0 Å². The van der Waals surface area contributed by atoms with Gasteiger partial charge in [0, 0.05) is 31.9 Å². The van der Waals surface area contributed by atoms with Crippen LogP contribution in [0, 0.1) is 0 Å². The maximum Gasteiger partial charge on any atom is 0.108 e. The van der Waals surface area contributed by atoms with Crippen molar-refractivity contribution in [2.45, 2.75) is 45.1 Å². The standard InChI is InChI=1S/C14H23N3/c1-12(4-3-9-15-13-6-7-13)5-8-14-16-10-11-17(14)2/h4,10-11,13,15H,3,5-9H2,1-2H3/b12-4-. The van der Waals surface area contributed by atoms with E-state index in [0.29, 0.717) is 0 Å². The van der Waals surface area contributed by atoms with Gasteiger partial charge in [0.25, 0.3) is 0 Å². The molecule has 1 N–H and O–H groups in total. The third-order valence-corrected chi connectivity index (χ3v) is 3.31. The van der Waals surface area contributed by atoms with Crippen LogP contribution in [0.2, 0.25) is 0 Å². The smallest absolute Gasteiger partial charge is 0.108 e. The molecule has 0 amide bonds. The lowest BCUT2D eigenvalue weighted by atomic mass is 10.1. The zero-order valence-electron chi connectivity index (χ0n) is 10.9. The second-order valence-electron chi connectivity index (χ2n) is 5.02. The van der Waals surface area contributed by atoms with Gasteiger partial charge in [0.1, 0.15) is 5.82 Å². The summed E-state index contributed by atoms with van der Waals surface area (Å²) < 4.78 is 2.10. The van der Waals surface area contributed by atoms with Crippen LogP contribution < -0.4 is 5.32 Å². The second kappa shape index (κ2) is 6.01. The van der Waals surface area contributed by atoms with E-state index in [4.69, 9.17) is 0 Å². The van der Waals surface area contributed by atoms with Gasteiger partial charge in [-0.15, -0.1) is 0 Å². The Balaban J connectivity index is 1.63. The van der Waals surface area contributed by atoms with E-state index in [-0.39, 0.29) is 0 Å². The average Bonchev–Trinajstić information content (AvgIpc) is 3.05. The van der Waals surface area contributed by atoms with Crippen molar-refractivity contribution in [2.24, 2.45) is 7.05 Å². The molecule has 0 radical (unpaired) electrons. The van der Waals surface area contributed by atoms with Crippen LogP contribution in [0.3, 0.4) is 0 Å². The molecule has 3 heteroatoms. The highest BCUT2D eigenvalue weighted by molar-refractivity contribution is 5.02. The van der Waals surface area contributed by atoms with Gasteiger partial charge in [-0.25, -0.2) is 4.98 Å². The van der Waals surface area contributed by atoms with E-state index in [1.807, 2.05) is 12.4 Å². The summed E-state index contributed by atoms with van der Waals surface area (Å²) in [4.78, 5) is 4.34. The van der Waals surface area contributed by atoms with Crippen LogP contribution in [0.5, 0.6) is 0 Å². The first-order valence-corrected chi connectivity index (χ1v) is 6.61. The minimum absolute atomic E-state index is 0.830. The van der Waals surface area contributed by atoms with E-state index in [0.717, 1.165) is 31.8 Å². The number of allylic oxidation sites excluding steroid dienone is 1. The molecular weight excluding hydrogens is 210 g/mol. The number of hydrogen-bond donors (Lipinski definition) is 1. The zero-order chi connectivity index (χ0) is 12.1. The minimum atomic E-state index is 0.830. The van der Waals surface area contributed by atoms with Crippen LogP contribution in [-0.2, 0) is 13.5 Å². The van der Waals surface area contributed by atoms with Gasteiger partial charge in [0.05, 0.1) is 0 Å². The number of rotatable bonds is 7. The van der Waals surface area contributed by atoms with E-state index in [2.05, 4.69) is 34.9 Å². The van der Waals surface area contributed by atoms with Crippen LogP contribution in [0.1, 0.15) is 38.4 Å². The van der Waals surface area contributed by atoms with Crippen LogP contribution in [0.4, 0.5) is 0 Å². The first-order valence-electron chi connectivity index (χ1n) is 6.61. The fourth-order valence-electron chi connectivity index (χ4n) is 1.94. The molecule has 0 saturated heterocycles. The average molecular weight is 233 g/mol. The van der Waals surface area contributed by atoms with Crippen molar-refractivity contribution in [3.05, 3.63) is 29.9 Å². The molecule has 1 fully saturated rings. The van der Waals surface area contributed by atoms with Crippen molar-refractivity contribution in [2.75, 3.05) is 6.54 Å². The fraction of sp³-hybridized carbons (Fsp3) is 0.643. The molecule has 17 heavy (non-hydrogen) atoms. The zero-order valence-corrected chi connectivity index (χ0v) is 10.9. The summed E-state index contributed by atoms with van der Waals surface area (Å²) in [6, 6.07) is 0.830. The predicted molar refractivity (Wildman–Crippen MR) is 70.9 cm³/mol. The number of aromatic nitrogens is 2. The molecule has 1 aliphatic carbocycles. The summed E-state index contributed by atoms with van der Waals surface area (Å²) in [6.45, 7) is 3.35. The highest BCUT2D eigenvalue weighted by Gasteiger charge is 2.19. The van der Waals surface area contributed by atoms with Gasteiger partial charge in [-0.05, 0) is 39.2 Å². The molecule has 0 spiro atoms. The van der Waals surface area contributed by atoms with E-state index in [1.165, 1.54) is 24.2 Å². The van der Waals surface area contributed by atoms with Crippen molar-refractivity contribution < 1.29 is 0 Å². The molecule has 1 aliphatic rings. The lowest BCUT2D eigenvalue weighted by Crippen LogP contribution is -2.16. The quantitative estimate of drug-likeness (QED) is 0.579. The lowest BCUT2D eigenvalue weighted by Gasteiger charge is -2.03. The molecule has 0 unspecified atom stereocenters. The summed E-state index contributed by atoms with van der Waals surface area (Å²) in [7, 11) is 2.06. The molecule has 1 saturated carbocycles. The van der Waals surface area contributed by atoms with Crippen molar-refractivity contribution >= 4 is 0 Å². The molecule has 0 atom stereocenters. The Morgan fingerprint density at radius 2 is 2.41 bits per heavy atom. The molecule has 1 heterocycles. The Morgan fingerprint density at radius 1 is 1.59 bits per heavy atom. The maximum absolute atomic E-state index is 4.34. The van der Waals surface area contributed by atoms with Gasteiger partial charge < -0.3 is 9.88 Å². The normalized spacial score (nSPS) is 16.5. The van der Waals surface area contributed by atoms with Crippen molar-refractivity contribution in [3.63, 3.8) is 0 Å². The summed E-state index contributed by atoms with van der Waals surface area (Å²) in [5.41, 5.74) is 1.48. The van der Waals surface area contributed by atoms with E-state index >= 15 is 0 Å². The molecule has 94 valence electrons. The number of nitrogens with one attached hydrogen (secondary N) is 1. The predicted octanol–water partition coefficient (Wildman–Crippen LogP) is 2.44. The van der Waals surface area contributed by atoms with Gasteiger partial charge in [-0.2, -0.15) is 0 Å². The van der Waals surface area contributed by atoms with Gasteiger partial charge in [0.2, 0.25) is 0 Å². The maximum atomic E-state index is 4.34. The molecule has 0 bridgehead atoms. The highest BCUT2D eigenvalue weighted by atomic mass is 15.0. The third kappa shape index (κ3) is 4.35. The van der Waals surface area contributed by atoms with Crippen molar-refractivity contribution in [1.29, 1.82) is 0 Å². The molecule has 2 rings (SSSR count). The number of hydrogen-bond acceptors (Lipinski definition) is 2. The lowest BCUT2D eigenvalue weighted by molar-refractivity contribution is 0.686. The van der Waals surface area contributed by atoms with E-state index in [9.17, 15) is 0 Å². The summed E-state index contributed by atoms with van der Waals surface area (Å²) >= 11 is 0. The van der Waals surface area contributed by atoms with Crippen molar-refractivity contribution in [1.82, 2.24) is 14.9 Å². The molecule has 1 aromatic rings. The molecule has 3 nitrogen and oxygen atoms in total. The number of aryl methyl sites for hydroxylation is 2.